The Morgan fingerprint density at radius 1 is 1.15 bits per heavy atom. The van der Waals surface area contributed by atoms with Crippen molar-refractivity contribution < 1.29 is 18.8 Å². The zero-order valence-electron chi connectivity index (χ0n) is 14.5. The fourth-order valence-corrected chi connectivity index (χ4v) is 2.75. The maximum absolute atomic E-state index is 6.14. The first-order valence-electron chi connectivity index (χ1n) is 7.76. The second kappa shape index (κ2) is 8.75. The molecule has 9 heteroatoms. The van der Waals surface area contributed by atoms with Crippen molar-refractivity contribution in [3.63, 3.8) is 0 Å². The third-order valence-corrected chi connectivity index (χ3v) is 3.99. The van der Waals surface area contributed by atoms with Gasteiger partial charge in [-0.2, -0.15) is 4.98 Å². The molecule has 27 heavy (non-hydrogen) atoms. The van der Waals surface area contributed by atoms with E-state index in [9.17, 15) is 0 Å². The Labute approximate surface area is 165 Å². The molecule has 3 rings (SSSR count). The van der Waals surface area contributed by atoms with Gasteiger partial charge in [0.25, 0.3) is 5.89 Å². The van der Waals surface area contributed by atoms with E-state index in [2.05, 4.69) is 15.3 Å². The van der Waals surface area contributed by atoms with Crippen LogP contribution in [0.25, 0.3) is 11.4 Å². The first-order chi connectivity index (χ1) is 13.1. The van der Waals surface area contributed by atoms with E-state index >= 15 is 0 Å². The van der Waals surface area contributed by atoms with Gasteiger partial charge < -0.3 is 18.8 Å². The molecule has 0 radical (unpaired) electrons. The molecular weight excluding hydrogens is 393 g/mol. The SMILES string of the molecule is COc1cc(/C=N\OCc2nc(-c3cccc(Cl)c3)no2)cc(Cl)c1OC. The lowest BCUT2D eigenvalue weighted by molar-refractivity contribution is 0.107. The average Bonchev–Trinajstić information content (AvgIpc) is 3.14. The summed E-state index contributed by atoms with van der Waals surface area (Å²) >= 11 is 12.1. The largest absolute Gasteiger partial charge is 0.493 e. The average molecular weight is 408 g/mol. The van der Waals surface area contributed by atoms with Crippen LogP contribution in [-0.2, 0) is 11.4 Å². The van der Waals surface area contributed by atoms with Crippen molar-refractivity contribution in [2.45, 2.75) is 6.61 Å². The Balaban J connectivity index is 1.63. The molecule has 0 N–H and O–H groups in total. The van der Waals surface area contributed by atoms with Crippen molar-refractivity contribution in [1.82, 2.24) is 10.1 Å². The number of nitrogens with zero attached hydrogens (tertiary/aromatic N) is 3. The molecule has 0 aliphatic rings. The summed E-state index contributed by atoms with van der Waals surface area (Å²) in [5, 5.41) is 8.76. The van der Waals surface area contributed by atoms with Gasteiger partial charge in [0.2, 0.25) is 5.82 Å². The molecule has 0 saturated carbocycles. The highest BCUT2D eigenvalue weighted by Gasteiger charge is 2.11. The number of ether oxygens (including phenoxy) is 2. The van der Waals surface area contributed by atoms with Gasteiger partial charge in [-0.1, -0.05) is 45.6 Å². The first kappa shape index (κ1) is 19.0. The minimum absolute atomic E-state index is 0.0189. The van der Waals surface area contributed by atoms with E-state index in [0.29, 0.717) is 32.9 Å². The van der Waals surface area contributed by atoms with E-state index in [4.69, 9.17) is 42.0 Å². The quantitative estimate of drug-likeness (QED) is 0.420. The van der Waals surface area contributed by atoms with Crippen LogP contribution in [0.3, 0.4) is 0 Å². The molecule has 0 aliphatic heterocycles. The summed E-state index contributed by atoms with van der Waals surface area (Å²) in [6, 6.07) is 10.6. The van der Waals surface area contributed by atoms with Gasteiger partial charge in [-0.3, -0.25) is 0 Å². The van der Waals surface area contributed by atoms with Crippen LogP contribution in [0.15, 0.2) is 46.1 Å². The predicted molar refractivity (Wildman–Crippen MR) is 102 cm³/mol. The third kappa shape index (κ3) is 4.69. The van der Waals surface area contributed by atoms with Gasteiger partial charge in [-0.25, -0.2) is 0 Å². The van der Waals surface area contributed by atoms with Crippen LogP contribution in [-0.4, -0.2) is 30.6 Å². The Kier molecular flexibility index (Phi) is 6.16. The summed E-state index contributed by atoms with van der Waals surface area (Å²) in [4.78, 5) is 9.44. The highest BCUT2D eigenvalue weighted by molar-refractivity contribution is 6.32. The van der Waals surface area contributed by atoms with E-state index in [1.165, 1.54) is 20.4 Å². The zero-order valence-corrected chi connectivity index (χ0v) is 16.0. The summed E-state index contributed by atoms with van der Waals surface area (Å²) in [5.41, 5.74) is 1.43. The molecular formula is C18H15Cl2N3O4. The van der Waals surface area contributed by atoms with E-state index in [1.54, 1.807) is 24.3 Å². The molecule has 0 saturated heterocycles. The van der Waals surface area contributed by atoms with Crippen LogP contribution in [0.5, 0.6) is 11.5 Å². The molecule has 0 fully saturated rings. The molecule has 0 amide bonds. The lowest BCUT2D eigenvalue weighted by atomic mass is 10.2. The molecule has 0 unspecified atom stereocenters. The molecule has 0 bridgehead atoms. The molecule has 1 heterocycles. The summed E-state index contributed by atoms with van der Waals surface area (Å²) in [7, 11) is 3.04. The third-order valence-electron chi connectivity index (χ3n) is 3.47. The molecule has 2 aromatic carbocycles. The number of hydrogen-bond acceptors (Lipinski definition) is 7. The predicted octanol–water partition coefficient (Wildman–Crippen LogP) is 4.61. The van der Waals surface area contributed by atoms with Gasteiger partial charge >= 0.3 is 0 Å². The van der Waals surface area contributed by atoms with Gasteiger partial charge in [-0.05, 0) is 24.3 Å². The molecule has 0 aliphatic carbocycles. The summed E-state index contributed by atoms with van der Waals surface area (Å²) in [5.74, 6) is 1.66. The summed E-state index contributed by atoms with van der Waals surface area (Å²) in [6.45, 7) is 0.0189. The van der Waals surface area contributed by atoms with Crippen molar-refractivity contribution >= 4 is 29.4 Å². The van der Waals surface area contributed by atoms with Crippen molar-refractivity contribution in [1.29, 1.82) is 0 Å². The maximum Gasteiger partial charge on any atom is 0.267 e. The molecule has 140 valence electrons. The fraction of sp³-hybridized carbons (Fsp3) is 0.167. The van der Waals surface area contributed by atoms with Gasteiger partial charge in [0, 0.05) is 16.1 Å². The Bertz CT molecular complexity index is 960. The summed E-state index contributed by atoms with van der Waals surface area (Å²) in [6.07, 6.45) is 1.49. The second-order valence-electron chi connectivity index (χ2n) is 5.27. The van der Waals surface area contributed by atoms with Crippen LogP contribution < -0.4 is 9.47 Å². The standard InChI is InChI=1S/C18H15Cl2N3O4/c1-24-15-7-11(6-14(20)17(15)25-2)9-21-26-10-16-22-18(23-27-16)12-4-3-5-13(19)8-12/h3-9H,10H2,1-2H3/b21-9-. The normalized spacial score (nSPS) is 11.0. The van der Waals surface area contributed by atoms with E-state index in [1.807, 2.05) is 12.1 Å². The van der Waals surface area contributed by atoms with Crippen molar-refractivity contribution in [3.05, 3.63) is 57.9 Å². The fourth-order valence-electron chi connectivity index (χ4n) is 2.26. The summed E-state index contributed by atoms with van der Waals surface area (Å²) < 4.78 is 15.6. The molecule has 3 aromatic rings. The van der Waals surface area contributed by atoms with Crippen LogP contribution in [0.4, 0.5) is 0 Å². The van der Waals surface area contributed by atoms with Crippen molar-refractivity contribution in [2.24, 2.45) is 5.16 Å². The number of methoxy groups -OCH3 is 2. The first-order valence-corrected chi connectivity index (χ1v) is 8.51. The molecule has 7 nitrogen and oxygen atoms in total. The number of benzene rings is 2. The van der Waals surface area contributed by atoms with Crippen LogP contribution in [0.2, 0.25) is 10.0 Å². The second-order valence-corrected chi connectivity index (χ2v) is 6.11. The topological polar surface area (TPSA) is 79.0 Å². The van der Waals surface area contributed by atoms with E-state index in [0.717, 1.165) is 5.56 Å². The number of rotatable bonds is 7. The Morgan fingerprint density at radius 2 is 2.00 bits per heavy atom. The zero-order chi connectivity index (χ0) is 19.2. The van der Waals surface area contributed by atoms with Crippen LogP contribution in [0, 0.1) is 0 Å². The molecule has 1 aromatic heterocycles. The lowest BCUT2D eigenvalue weighted by Crippen LogP contribution is -1.94. The highest BCUT2D eigenvalue weighted by Crippen LogP contribution is 2.35. The van der Waals surface area contributed by atoms with Crippen LogP contribution >= 0.6 is 23.2 Å². The lowest BCUT2D eigenvalue weighted by Gasteiger charge is -2.09. The van der Waals surface area contributed by atoms with Gasteiger partial charge in [0.1, 0.15) is 0 Å². The minimum atomic E-state index is 0.0189. The number of halogens is 2. The van der Waals surface area contributed by atoms with E-state index < -0.39 is 0 Å². The number of aromatic nitrogens is 2. The van der Waals surface area contributed by atoms with E-state index in [-0.39, 0.29) is 12.5 Å². The molecule has 0 spiro atoms. The highest BCUT2D eigenvalue weighted by atomic mass is 35.5. The van der Waals surface area contributed by atoms with Crippen molar-refractivity contribution in [2.75, 3.05) is 14.2 Å². The number of oxime groups is 1. The Hall–Kier alpha value is -2.77. The van der Waals surface area contributed by atoms with Gasteiger partial charge in [0.05, 0.1) is 25.5 Å². The number of hydrogen-bond donors (Lipinski definition) is 0. The van der Waals surface area contributed by atoms with Crippen LogP contribution in [0.1, 0.15) is 11.5 Å². The smallest absolute Gasteiger partial charge is 0.267 e. The van der Waals surface area contributed by atoms with Gasteiger partial charge in [0.15, 0.2) is 18.1 Å². The Morgan fingerprint density at radius 3 is 2.74 bits per heavy atom. The van der Waals surface area contributed by atoms with Gasteiger partial charge in [-0.15, -0.1) is 0 Å². The monoisotopic (exact) mass is 407 g/mol. The molecule has 0 atom stereocenters. The van der Waals surface area contributed by atoms with Crippen molar-refractivity contribution in [3.8, 4) is 22.9 Å². The minimum Gasteiger partial charge on any atom is -0.493 e. The maximum atomic E-state index is 6.14.